The van der Waals surface area contributed by atoms with E-state index < -0.39 is 17.7 Å². The number of nitrogens with one attached hydrogen (secondary N) is 1. The van der Waals surface area contributed by atoms with Gasteiger partial charge in [-0.05, 0) is 30.3 Å². The number of anilines is 1. The van der Waals surface area contributed by atoms with E-state index in [4.69, 9.17) is 28.3 Å². The van der Waals surface area contributed by atoms with E-state index in [1.807, 2.05) is 0 Å². The summed E-state index contributed by atoms with van der Waals surface area (Å²) in [5.74, 6) is -2.78. The van der Waals surface area contributed by atoms with Crippen molar-refractivity contribution in [3.63, 3.8) is 0 Å². The van der Waals surface area contributed by atoms with Crippen LogP contribution in [0.2, 0.25) is 10.3 Å². The lowest BCUT2D eigenvalue weighted by atomic mass is 10.2. The third kappa shape index (κ3) is 3.68. The Kier molecular flexibility index (Phi) is 4.40. The number of aromatic carboxylic acids is 1. The molecular formula is C13H7Cl2FN2O3. The van der Waals surface area contributed by atoms with Crippen LogP contribution in [0, 0.1) is 5.82 Å². The molecule has 1 amide bonds. The molecule has 2 rings (SSSR count). The van der Waals surface area contributed by atoms with Crippen LogP contribution in [0.15, 0.2) is 30.3 Å². The van der Waals surface area contributed by atoms with Crippen molar-refractivity contribution in [1.82, 2.24) is 4.98 Å². The summed E-state index contributed by atoms with van der Waals surface area (Å²) in [6.45, 7) is 0. The van der Waals surface area contributed by atoms with Crippen molar-refractivity contribution in [2.24, 2.45) is 0 Å². The van der Waals surface area contributed by atoms with Crippen LogP contribution in [-0.4, -0.2) is 22.0 Å². The molecule has 0 saturated heterocycles. The van der Waals surface area contributed by atoms with E-state index in [0.717, 1.165) is 12.1 Å². The summed E-state index contributed by atoms with van der Waals surface area (Å²) in [4.78, 5) is 26.3. The molecule has 1 heterocycles. The number of pyridine rings is 1. The maximum Gasteiger partial charge on any atom is 0.335 e. The highest BCUT2D eigenvalue weighted by atomic mass is 35.5. The summed E-state index contributed by atoms with van der Waals surface area (Å²) in [6.07, 6.45) is 0. The molecule has 1 aromatic carbocycles. The van der Waals surface area contributed by atoms with Crippen LogP contribution in [0.4, 0.5) is 10.1 Å². The molecule has 8 heteroatoms. The summed E-state index contributed by atoms with van der Waals surface area (Å²) in [6, 6.07) is 5.68. The van der Waals surface area contributed by atoms with Crippen LogP contribution < -0.4 is 5.32 Å². The van der Waals surface area contributed by atoms with Crippen LogP contribution in [-0.2, 0) is 0 Å². The zero-order valence-electron chi connectivity index (χ0n) is 10.2. The number of nitrogens with zero attached hydrogens (tertiary/aromatic N) is 1. The molecule has 0 radical (unpaired) electrons. The zero-order valence-corrected chi connectivity index (χ0v) is 11.7. The normalized spacial score (nSPS) is 10.2. The van der Waals surface area contributed by atoms with Gasteiger partial charge in [0, 0.05) is 5.56 Å². The Labute approximate surface area is 128 Å². The van der Waals surface area contributed by atoms with Gasteiger partial charge < -0.3 is 10.4 Å². The van der Waals surface area contributed by atoms with Crippen LogP contribution >= 0.6 is 23.2 Å². The number of benzene rings is 1. The highest BCUT2D eigenvalue weighted by Gasteiger charge is 2.13. The number of aromatic nitrogens is 1. The molecule has 0 aliphatic heterocycles. The molecule has 0 bridgehead atoms. The standard InChI is InChI=1S/C13H7Cl2FN2O3/c14-10-4-7(5-11(15)18-10)12(19)17-9-2-1-6(13(20)21)3-8(9)16/h1-5H,(H,17,19)(H,20,21). The maximum atomic E-state index is 13.7. The quantitative estimate of drug-likeness (QED) is 0.845. The van der Waals surface area contributed by atoms with Crippen molar-refractivity contribution < 1.29 is 19.1 Å². The predicted octanol–water partition coefficient (Wildman–Crippen LogP) is 3.48. The van der Waals surface area contributed by atoms with Crippen molar-refractivity contribution in [2.45, 2.75) is 0 Å². The third-order valence-corrected chi connectivity index (χ3v) is 2.88. The molecule has 2 N–H and O–H groups in total. The Balaban J connectivity index is 2.25. The monoisotopic (exact) mass is 328 g/mol. The second kappa shape index (κ2) is 6.07. The third-order valence-electron chi connectivity index (χ3n) is 2.49. The smallest absolute Gasteiger partial charge is 0.335 e. The molecule has 0 unspecified atom stereocenters. The first-order chi connectivity index (χ1) is 9.86. The van der Waals surface area contributed by atoms with E-state index in [9.17, 15) is 14.0 Å². The van der Waals surface area contributed by atoms with Gasteiger partial charge in [-0.2, -0.15) is 0 Å². The van der Waals surface area contributed by atoms with Gasteiger partial charge >= 0.3 is 5.97 Å². The topological polar surface area (TPSA) is 79.3 Å². The van der Waals surface area contributed by atoms with Gasteiger partial charge in [0.15, 0.2) is 0 Å². The summed E-state index contributed by atoms with van der Waals surface area (Å²) in [5, 5.41) is 11.1. The molecule has 0 aliphatic rings. The largest absolute Gasteiger partial charge is 0.478 e. The average molecular weight is 329 g/mol. The minimum absolute atomic E-state index is 0.0225. The lowest BCUT2D eigenvalue weighted by Gasteiger charge is -2.07. The fourth-order valence-electron chi connectivity index (χ4n) is 1.54. The minimum Gasteiger partial charge on any atom is -0.478 e. The number of carboxylic acids is 1. The van der Waals surface area contributed by atoms with Crippen molar-refractivity contribution in [2.75, 3.05) is 5.32 Å². The van der Waals surface area contributed by atoms with Gasteiger partial charge in [-0.25, -0.2) is 14.2 Å². The first-order valence-electron chi connectivity index (χ1n) is 5.54. The van der Waals surface area contributed by atoms with Gasteiger partial charge in [-0.3, -0.25) is 4.79 Å². The molecular weight excluding hydrogens is 322 g/mol. The number of carbonyl (C=O) groups is 2. The molecule has 0 aliphatic carbocycles. The number of halogens is 3. The maximum absolute atomic E-state index is 13.7. The lowest BCUT2D eigenvalue weighted by molar-refractivity contribution is 0.0696. The zero-order chi connectivity index (χ0) is 15.6. The van der Waals surface area contributed by atoms with Crippen molar-refractivity contribution >= 4 is 40.8 Å². The molecule has 2 aromatic rings. The van der Waals surface area contributed by atoms with Crippen LogP contribution in [0.5, 0.6) is 0 Å². The Morgan fingerprint density at radius 1 is 1.10 bits per heavy atom. The number of hydrogen-bond acceptors (Lipinski definition) is 3. The van der Waals surface area contributed by atoms with Gasteiger partial charge in [0.2, 0.25) is 0 Å². The van der Waals surface area contributed by atoms with E-state index >= 15 is 0 Å². The highest BCUT2D eigenvalue weighted by molar-refractivity contribution is 6.33. The number of carbonyl (C=O) groups excluding carboxylic acids is 1. The molecule has 0 atom stereocenters. The Hall–Kier alpha value is -2.18. The highest BCUT2D eigenvalue weighted by Crippen LogP contribution is 2.19. The lowest BCUT2D eigenvalue weighted by Crippen LogP contribution is -2.13. The number of amides is 1. The minimum atomic E-state index is -1.26. The van der Waals surface area contributed by atoms with Crippen LogP contribution in [0.1, 0.15) is 20.7 Å². The van der Waals surface area contributed by atoms with E-state index in [-0.39, 0.29) is 27.1 Å². The van der Waals surface area contributed by atoms with Crippen molar-refractivity contribution in [1.29, 1.82) is 0 Å². The molecule has 5 nitrogen and oxygen atoms in total. The Morgan fingerprint density at radius 2 is 1.71 bits per heavy atom. The first kappa shape index (κ1) is 15.2. The summed E-state index contributed by atoms with van der Waals surface area (Å²) < 4.78 is 13.7. The molecule has 0 saturated carbocycles. The van der Waals surface area contributed by atoms with Gasteiger partial charge in [0.05, 0.1) is 11.3 Å². The molecule has 0 fully saturated rings. The summed E-state index contributed by atoms with van der Waals surface area (Å²) in [7, 11) is 0. The Morgan fingerprint density at radius 3 is 2.24 bits per heavy atom. The van der Waals surface area contributed by atoms with Gasteiger partial charge in [0.25, 0.3) is 5.91 Å². The fraction of sp³-hybridized carbons (Fsp3) is 0. The van der Waals surface area contributed by atoms with E-state index in [0.29, 0.717) is 0 Å². The van der Waals surface area contributed by atoms with Gasteiger partial charge in [-0.1, -0.05) is 23.2 Å². The average Bonchev–Trinajstić information content (AvgIpc) is 2.39. The van der Waals surface area contributed by atoms with E-state index in [1.165, 1.54) is 18.2 Å². The van der Waals surface area contributed by atoms with Gasteiger partial charge in [-0.15, -0.1) is 0 Å². The molecule has 21 heavy (non-hydrogen) atoms. The first-order valence-corrected chi connectivity index (χ1v) is 6.29. The summed E-state index contributed by atoms with van der Waals surface area (Å²) in [5.41, 5.74) is -0.281. The molecule has 1 aromatic heterocycles. The van der Waals surface area contributed by atoms with Crippen LogP contribution in [0.25, 0.3) is 0 Å². The fourth-order valence-corrected chi connectivity index (χ4v) is 2.00. The summed E-state index contributed by atoms with van der Waals surface area (Å²) >= 11 is 11.3. The second-order valence-corrected chi connectivity index (χ2v) is 4.73. The Bertz CT molecular complexity index is 717. The van der Waals surface area contributed by atoms with Crippen molar-refractivity contribution in [3.8, 4) is 0 Å². The second-order valence-electron chi connectivity index (χ2n) is 3.96. The van der Waals surface area contributed by atoms with Crippen LogP contribution in [0.3, 0.4) is 0 Å². The van der Waals surface area contributed by atoms with E-state index in [1.54, 1.807) is 0 Å². The molecule has 108 valence electrons. The van der Waals surface area contributed by atoms with Crippen molar-refractivity contribution in [3.05, 3.63) is 57.6 Å². The number of hydrogen-bond donors (Lipinski definition) is 2. The van der Waals surface area contributed by atoms with Gasteiger partial charge in [0.1, 0.15) is 16.1 Å². The van der Waals surface area contributed by atoms with E-state index in [2.05, 4.69) is 10.3 Å². The SMILES string of the molecule is O=C(O)c1ccc(NC(=O)c2cc(Cl)nc(Cl)c2)c(F)c1. The predicted molar refractivity (Wildman–Crippen MR) is 75.6 cm³/mol. The number of rotatable bonds is 3. The number of carboxylic acid groups (broad SMARTS) is 1. The molecule has 0 spiro atoms.